The van der Waals surface area contributed by atoms with Crippen molar-refractivity contribution in [2.45, 2.75) is 58.3 Å². The zero-order chi connectivity index (χ0) is 18.6. The highest BCUT2D eigenvalue weighted by molar-refractivity contribution is 5.85. The van der Waals surface area contributed by atoms with Gasteiger partial charge in [0.15, 0.2) is 0 Å². The Labute approximate surface area is 158 Å². The number of unbranched alkanes of at least 4 members (excludes halogenated alkanes) is 1. The van der Waals surface area contributed by atoms with E-state index in [4.69, 9.17) is 0 Å². The first-order valence-corrected chi connectivity index (χ1v) is 9.83. The molecule has 1 aromatic carbocycles. The standard InChI is InChI=1S/C21H24FN5/c1-2-3-9-14-10-7-8-11-15(14)18-16-12-5-4-6-13-17(16)23-20(22)19(18)21-24-26-27-25-21/h7-8,10-11H,2-6,9,12-13H2,1H3,(H,24,25,26,27). The molecule has 1 N–H and O–H groups in total. The van der Waals surface area contributed by atoms with Crippen molar-refractivity contribution in [3.63, 3.8) is 0 Å². The van der Waals surface area contributed by atoms with E-state index < -0.39 is 5.95 Å². The van der Waals surface area contributed by atoms with Gasteiger partial charge in [0.05, 0.1) is 5.56 Å². The molecule has 0 aliphatic heterocycles. The van der Waals surface area contributed by atoms with E-state index >= 15 is 4.39 Å². The SMILES string of the molecule is CCCCc1ccccc1-c1c2c(nc(F)c1-c1nn[nH]n1)CCCCC2. The van der Waals surface area contributed by atoms with Crippen LogP contribution in [0.3, 0.4) is 0 Å². The molecule has 2 aromatic heterocycles. The van der Waals surface area contributed by atoms with E-state index in [1.807, 2.05) is 6.07 Å². The number of tetrazole rings is 1. The summed E-state index contributed by atoms with van der Waals surface area (Å²) in [4.78, 5) is 4.32. The fourth-order valence-electron chi connectivity index (χ4n) is 4.01. The van der Waals surface area contributed by atoms with Crippen molar-refractivity contribution in [1.82, 2.24) is 25.6 Å². The summed E-state index contributed by atoms with van der Waals surface area (Å²) in [5, 5.41) is 14.2. The quantitative estimate of drug-likeness (QED) is 0.527. The van der Waals surface area contributed by atoms with Crippen molar-refractivity contribution in [2.24, 2.45) is 0 Å². The zero-order valence-corrected chi connectivity index (χ0v) is 15.6. The first-order chi connectivity index (χ1) is 13.3. The number of halogens is 1. The van der Waals surface area contributed by atoms with Crippen LogP contribution in [0.5, 0.6) is 0 Å². The number of aromatic nitrogens is 5. The Morgan fingerprint density at radius 2 is 1.93 bits per heavy atom. The van der Waals surface area contributed by atoms with Crippen LogP contribution in [-0.2, 0) is 19.3 Å². The lowest BCUT2D eigenvalue weighted by Crippen LogP contribution is -2.07. The van der Waals surface area contributed by atoms with Crippen molar-refractivity contribution in [3.05, 3.63) is 47.0 Å². The molecule has 0 bridgehead atoms. The molecule has 140 valence electrons. The van der Waals surface area contributed by atoms with Gasteiger partial charge in [-0.3, -0.25) is 0 Å². The summed E-state index contributed by atoms with van der Waals surface area (Å²) in [5.74, 6) is -0.232. The van der Waals surface area contributed by atoms with Crippen LogP contribution in [-0.4, -0.2) is 25.6 Å². The van der Waals surface area contributed by atoms with Crippen molar-refractivity contribution in [3.8, 4) is 22.5 Å². The molecule has 0 atom stereocenters. The van der Waals surface area contributed by atoms with E-state index in [9.17, 15) is 0 Å². The van der Waals surface area contributed by atoms with E-state index in [2.05, 4.69) is 50.7 Å². The van der Waals surface area contributed by atoms with Crippen LogP contribution < -0.4 is 0 Å². The molecule has 0 amide bonds. The molecule has 0 fully saturated rings. The van der Waals surface area contributed by atoms with Gasteiger partial charge in [0.2, 0.25) is 11.8 Å². The van der Waals surface area contributed by atoms with Gasteiger partial charge in [0, 0.05) is 11.3 Å². The third-order valence-corrected chi connectivity index (χ3v) is 5.34. The fourth-order valence-corrected chi connectivity index (χ4v) is 4.01. The van der Waals surface area contributed by atoms with Gasteiger partial charge in [0.1, 0.15) is 0 Å². The summed E-state index contributed by atoms with van der Waals surface area (Å²) in [6.45, 7) is 2.19. The lowest BCUT2D eigenvalue weighted by atomic mass is 9.87. The molecular formula is C21H24FN5. The Bertz CT molecular complexity index is 921. The fraction of sp³-hybridized carbons (Fsp3) is 0.429. The number of benzene rings is 1. The van der Waals surface area contributed by atoms with Crippen LogP contribution >= 0.6 is 0 Å². The minimum absolute atomic E-state index is 0.271. The number of hydrogen-bond acceptors (Lipinski definition) is 4. The van der Waals surface area contributed by atoms with Crippen molar-refractivity contribution < 1.29 is 4.39 Å². The van der Waals surface area contributed by atoms with E-state index in [1.54, 1.807) is 0 Å². The number of hydrogen-bond donors (Lipinski definition) is 1. The average molecular weight is 365 g/mol. The second-order valence-corrected chi connectivity index (χ2v) is 7.13. The van der Waals surface area contributed by atoms with Gasteiger partial charge in [-0.25, -0.2) is 4.98 Å². The Kier molecular flexibility index (Phi) is 5.23. The summed E-state index contributed by atoms with van der Waals surface area (Å²) in [5.41, 5.74) is 5.63. The normalized spacial score (nSPS) is 14.0. The van der Waals surface area contributed by atoms with Crippen molar-refractivity contribution in [1.29, 1.82) is 0 Å². The van der Waals surface area contributed by atoms with Crippen LogP contribution in [0.15, 0.2) is 24.3 Å². The molecule has 0 spiro atoms. The average Bonchev–Trinajstić information content (AvgIpc) is 3.11. The molecule has 0 saturated heterocycles. The number of pyridine rings is 1. The minimum atomic E-state index is -0.502. The lowest BCUT2D eigenvalue weighted by Gasteiger charge is -2.19. The molecule has 3 aromatic rings. The second-order valence-electron chi connectivity index (χ2n) is 7.13. The molecule has 27 heavy (non-hydrogen) atoms. The highest BCUT2D eigenvalue weighted by Gasteiger charge is 2.26. The first-order valence-electron chi connectivity index (χ1n) is 9.83. The van der Waals surface area contributed by atoms with E-state index in [-0.39, 0.29) is 5.82 Å². The zero-order valence-electron chi connectivity index (χ0n) is 15.6. The molecule has 4 rings (SSSR count). The molecular weight excluding hydrogens is 341 g/mol. The van der Waals surface area contributed by atoms with Gasteiger partial charge in [-0.05, 0) is 60.4 Å². The van der Waals surface area contributed by atoms with Crippen LogP contribution in [0.1, 0.15) is 55.8 Å². The first kappa shape index (κ1) is 17.8. The minimum Gasteiger partial charge on any atom is -0.224 e. The monoisotopic (exact) mass is 365 g/mol. The molecule has 1 aliphatic rings. The van der Waals surface area contributed by atoms with Crippen LogP contribution in [0.2, 0.25) is 0 Å². The number of aromatic amines is 1. The maximum Gasteiger partial charge on any atom is 0.224 e. The van der Waals surface area contributed by atoms with Gasteiger partial charge in [-0.15, -0.1) is 10.2 Å². The molecule has 0 saturated carbocycles. The maximum atomic E-state index is 15.2. The largest absolute Gasteiger partial charge is 0.224 e. The smallest absolute Gasteiger partial charge is 0.224 e. The van der Waals surface area contributed by atoms with Crippen LogP contribution in [0.4, 0.5) is 4.39 Å². The third-order valence-electron chi connectivity index (χ3n) is 5.34. The Hall–Kier alpha value is -2.63. The summed E-state index contributed by atoms with van der Waals surface area (Å²) in [7, 11) is 0. The molecule has 0 unspecified atom stereocenters. The second kappa shape index (κ2) is 7.94. The predicted molar refractivity (Wildman–Crippen MR) is 103 cm³/mol. The number of nitrogens with one attached hydrogen (secondary N) is 1. The Morgan fingerprint density at radius 1 is 1.07 bits per heavy atom. The Balaban J connectivity index is 2.00. The van der Waals surface area contributed by atoms with Gasteiger partial charge in [-0.2, -0.15) is 9.60 Å². The van der Waals surface area contributed by atoms with Crippen molar-refractivity contribution in [2.75, 3.05) is 0 Å². The number of H-pyrrole nitrogens is 1. The van der Waals surface area contributed by atoms with Crippen molar-refractivity contribution >= 4 is 0 Å². The van der Waals surface area contributed by atoms with E-state index in [1.165, 1.54) is 5.56 Å². The summed E-state index contributed by atoms with van der Waals surface area (Å²) in [6.07, 6.45) is 8.21. The van der Waals surface area contributed by atoms with Gasteiger partial charge >= 0.3 is 0 Å². The highest BCUT2D eigenvalue weighted by Crippen LogP contribution is 2.40. The molecule has 6 heteroatoms. The Morgan fingerprint density at radius 3 is 2.74 bits per heavy atom. The summed E-state index contributed by atoms with van der Waals surface area (Å²) < 4.78 is 15.2. The number of nitrogens with zero attached hydrogens (tertiary/aromatic N) is 4. The van der Waals surface area contributed by atoms with Gasteiger partial charge < -0.3 is 0 Å². The van der Waals surface area contributed by atoms with E-state index in [0.717, 1.165) is 73.8 Å². The highest BCUT2D eigenvalue weighted by atomic mass is 19.1. The molecule has 5 nitrogen and oxygen atoms in total. The predicted octanol–water partition coefficient (Wildman–Crippen LogP) is 4.68. The van der Waals surface area contributed by atoms with Gasteiger partial charge in [-0.1, -0.05) is 44.0 Å². The maximum absolute atomic E-state index is 15.2. The summed E-state index contributed by atoms with van der Waals surface area (Å²) in [6, 6.07) is 8.31. The summed E-state index contributed by atoms with van der Waals surface area (Å²) >= 11 is 0. The topological polar surface area (TPSA) is 67.3 Å². The molecule has 2 heterocycles. The number of aryl methyl sites for hydroxylation is 2. The molecule has 1 aliphatic carbocycles. The number of rotatable bonds is 5. The van der Waals surface area contributed by atoms with Gasteiger partial charge in [0.25, 0.3) is 0 Å². The molecule has 0 radical (unpaired) electrons. The lowest BCUT2D eigenvalue weighted by molar-refractivity contribution is 0.577. The van der Waals surface area contributed by atoms with E-state index in [0.29, 0.717) is 5.56 Å². The van der Waals surface area contributed by atoms with Crippen LogP contribution in [0, 0.1) is 5.95 Å². The van der Waals surface area contributed by atoms with Crippen LogP contribution in [0.25, 0.3) is 22.5 Å². The number of fused-ring (bicyclic) bond motifs is 1. The third kappa shape index (κ3) is 3.48.